The van der Waals surface area contributed by atoms with Gasteiger partial charge in [0.25, 0.3) is 0 Å². The predicted molar refractivity (Wildman–Crippen MR) is 89.3 cm³/mol. The first-order chi connectivity index (χ1) is 11.5. The summed E-state index contributed by atoms with van der Waals surface area (Å²) in [6.07, 6.45) is 0. The lowest BCUT2D eigenvalue weighted by molar-refractivity contribution is 0.0438. The maximum Gasteiger partial charge on any atom is 0.350 e. The van der Waals surface area contributed by atoms with Gasteiger partial charge in [-0.1, -0.05) is 0 Å². The van der Waals surface area contributed by atoms with Crippen LogP contribution in [-0.2, 0) is 4.74 Å². The molecule has 0 spiro atoms. The molecule has 0 atom stereocenters. The molecule has 0 radical (unpaired) electrons. The number of hydrogen-bond donors (Lipinski definition) is 1. The Bertz CT molecular complexity index is 702. The molecule has 0 amide bonds. The van der Waals surface area contributed by atoms with Crippen molar-refractivity contribution in [1.82, 2.24) is 4.98 Å². The van der Waals surface area contributed by atoms with Crippen LogP contribution in [0.1, 0.15) is 15.4 Å². The van der Waals surface area contributed by atoms with E-state index in [2.05, 4.69) is 4.98 Å². The lowest BCUT2D eigenvalue weighted by Crippen LogP contribution is -2.08. The minimum atomic E-state index is -0.502. The van der Waals surface area contributed by atoms with Crippen LogP contribution < -0.4 is 14.2 Å². The van der Waals surface area contributed by atoms with E-state index < -0.39 is 5.97 Å². The highest BCUT2D eigenvalue weighted by molar-refractivity contribution is 7.17. The quantitative estimate of drug-likeness (QED) is 0.764. The van der Waals surface area contributed by atoms with Gasteiger partial charge in [-0.3, -0.25) is 0 Å². The van der Waals surface area contributed by atoms with Crippen molar-refractivity contribution in [3.05, 3.63) is 22.7 Å². The molecule has 0 aliphatic carbocycles. The highest BCUT2D eigenvalue weighted by Crippen LogP contribution is 2.42. The topological polar surface area (TPSA) is 87.1 Å². The number of benzene rings is 1. The lowest BCUT2D eigenvalue weighted by Gasteiger charge is -2.13. The Morgan fingerprint density at radius 1 is 1.17 bits per heavy atom. The van der Waals surface area contributed by atoms with Crippen LogP contribution in [0.3, 0.4) is 0 Å². The van der Waals surface area contributed by atoms with Gasteiger partial charge in [0.05, 0.1) is 33.6 Å². The van der Waals surface area contributed by atoms with Crippen LogP contribution in [0, 0.1) is 6.92 Å². The summed E-state index contributed by atoms with van der Waals surface area (Å²) < 4.78 is 20.9. The van der Waals surface area contributed by atoms with Gasteiger partial charge in [-0.25, -0.2) is 9.78 Å². The van der Waals surface area contributed by atoms with Crippen LogP contribution in [0.4, 0.5) is 0 Å². The summed E-state index contributed by atoms with van der Waals surface area (Å²) in [6.45, 7) is 1.46. The van der Waals surface area contributed by atoms with Crippen molar-refractivity contribution in [1.29, 1.82) is 0 Å². The van der Waals surface area contributed by atoms with Gasteiger partial charge < -0.3 is 24.1 Å². The number of aliphatic hydroxyl groups excluding tert-OH is 1. The Morgan fingerprint density at radius 2 is 1.79 bits per heavy atom. The second-order valence-electron chi connectivity index (χ2n) is 4.71. The number of aliphatic hydroxyl groups is 1. The summed E-state index contributed by atoms with van der Waals surface area (Å²) >= 11 is 1.20. The fraction of sp³-hybridized carbons (Fsp3) is 0.375. The summed E-state index contributed by atoms with van der Waals surface area (Å²) in [4.78, 5) is 16.8. The highest BCUT2D eigenvalue weighted by Gasteiger charge is 2.20. The lowest BCUT2D eigenvalue weighted by atomic mass is 10.2. The zero-order valence-corrected chi connectivity index (χ0v) is 14.7. The molecule has 0 saturated carbocycles. The van der Waals surface area contributed by atoms with Crippen molar-refractivity contribution >= 4 is 17.3 Å². The third kappa shape index (κ3) is 3.60. The number of methoxy groups -OCH3 is 3. The fourth-order valence-corrected chi connectivity index (χ4v) is 3.06. The van der Waals surface area contributed by atoms with E-state index >= 15 is 0 Å². The van der Waals surface area contributed by atoms with Gasteiger partial charge in [-0.2, -0.15) is 0 Å². The Morgan fingerprint density at radius 3 is 2.29 bits per heavy atom. The molecule has 1 heterocycles. The summed E-state index contributed by atoms with van der Waals surface area (Å²) in [5, 5.41) is 9.38. The van der Waals surface area contributed by atoms with Crippen LogP contribution in [0.2, 0.25) is 0 Å². The number of nitrogens with zero attached hydrogens (tertiary/aromatic N) is 1. The normalized spacial score (nSPS) is 10.4. The second-order valence-corrected chi connectivity index (χ2v) is 5.71. The molecule has 24 heavy (non-hydrogen) atoms. The molecule has 2 aromatic rings. The van der Waals surface area contributed by atoms with Crippen molar-refractivity contribution in [2.24, 2.45) is 0 Å². The minimum Gasteiger partial charge on any atom is -0.493 e. The first kappa shape index (κ1) is 18.0. The third-order valence-corrected chi connectivity index (χ3v) is 4.40. The van der Waals surface area contributed by atoms with E-state index in [1.54, 1.807) is 19.1 Å². The first-order valence-electron chi connectivity index (χ1n) is 7.11. The van der Waals surface area contributed by atoms with Crippen molar-refractivity contribution in [2.75, 3.05) is 34.5 Å². The molecule has 7 nitrogen and oxygen atoms in total. The molecule has 0 aliphatic heterocycles. The number of esters is 1. The number of hydrogen-bond acceptors (Lipinski definition) is 8. The number of aromatic nitrogens is 1. The average molecular weight is 353 g/mol. The number of thiazole rings is 1. The third-order valence-electron chi connectivity index (χ3n) is 3.22. The molecule has 130 valence electrons. The van der Waals surface area contributed by atoms with Gasteiger partial charge in [0.15, 0.2) is 11.5 Å². The largest absolute Gasteiger partial charge is 0.493 e. The van der Waals surface area contributed by atoms with E-state index in [9.17, 15) is 4.79 Å². The summed E-state index contributed by atoms with van der Waals surface area (Å²) in [5.41, 5.74) is 1.30. The molecule has 1 aromatic heterocycles. The molecule has 1 N–H and O–H groups in total. The summed E-state index contributed by atoms with van der Waals surface area (Å²) in [7, 11) is 4.60. The van der Waals surface area contributed by atoms with Crippen LogP contribution in [0.15, 0.2) is 12.1 Å². The molecule has 0 bridgehead atoms. The minimum absolute atomic E-state index is 0.0459. The first-order valence-corrected chi connectivity index (χ1v) is 7.93. The van der Waals surface area contributed by atoms with E-state index in [-0.39, 0.29) is 13.2 Å². The van der Waals surface area contributed by atoms with Crippen LogP contribution in [-0.4, -0.2) is 50.6 Å². The molecule has 0 aliphatic rings. The van der Waals surface area contributed by atoms with Gasteiger partial charge in [-0.15, -0.1) is 11.3 Å². The van der Waals surface area contributed by atoms with Crippen molar-refractivity contribution in [2.45, 2.75) is 6.92 Å². The fourth-order valence-electron chi connectivity index (χ4n) is 2.12. The van der Waals surface area contributed by atoms with Crippen molar-refractivity contribution in [3.63, 3.8) is 0 Å². The average Bonchev–Trinajstić information content (AvgIpc) is 3.00. The van der Waals surface area contributed by atoms with Crippen molar-refractivity contribution in [3.8, 4) is 27.8 Å². The SMILES string of the molecule is COc1cc(-c2nc(C)c(C(=O)OCCO)s2)cc(OC)c1OC. The van der Waals surface area contributed by atoms with Crippen LogP contribution in [0.25, 0.3) is 10.6 Å². The summed E-state index contributed by atoms with van der Waals surface area (Å²) in [5.74, 6) is 0.991. The van der Waals surface area contributed by atoms with Gasteiger partial charge in [0, 0.05) is 5.56 Å². The molecule has 0 fully saturated rings. The van der Waals surface area contributed by atoms with Crippen molar-refractivity contribution < 1.29 is 28.8 Å². The van der Waals surface area contributed by atoms with E-state index in [0.29, 0.717) is 32.8 Å². The number of carbonyl (C=O) groups excluding carboxylic acids is 1. The Labute approximate surface area is 143 Å². The standard InChI is InChI=1S/C16H19NO6S/c1-9-14(16(19)23-6-5-18)24-15(17-9)10-7-11(20-2)13(22-4)12(8-10)21-3/h7-8,18H,5-6H2,1-4H3. The molecule has 8 heteroatoms. The molecule has 0 saturated heterocycles. The number of carbonyl (C=O) groups is 1. The molecule has 1 aromatic carbocycles. The Balaban J connectivity index is 2.44. The Kier molecular flexibility index (Phi) is 5.99. The number of aryl methyl sites for hydroxylation is 1. The molecule has 2 rings (SSSR count). The van der Waals surface area contributed by atoms with E-state index in [0.717, 1.165) is 5.56 Å². The second kappa shape index (κ2) is 7.98. The molecular weight excluding hydrogens is 334 g/mol. The monoisotopic (exact) mass is 353 g/mol. The maximum atomic E-state index is 12.0. The van der Waals surface area contributed by atoms with Gasteiger partial charge in [-0.05, 0) is 19.1 Å². The molecule has 0 unspecified atom stereocenters. The zero-order valence-electron chi connectivity index (χ0n) is 13.9. The van der Waals surface area contributed by atoms with Crippen LogP contribution in [0.5, 0.6) is 17.2 Å². The van der Waals surface area contributed by atoms with Gasteiger partial charge >= 0.3 is 5.97 Å². The zero-order chi connectivity index (χ0) is 17.7. The Hall–Kier alpha value is -2.32. The smallest absolute Gasteiger partial charge is 0.350 e. The highest BCUT2D eigenvalue weighted by atomic mass is 32.1. The van der Waals surface area contributed by atoms with E-state index in [4.69, 9.17) is 24.1 Å². The van der Waals surface area contributed by atoms with E-state index in [1.165, 1.54) is 32.7 Å². The predicted octanol–water partition coefficient (Wildman–Crippen LogP) is 2.29. The van der Waals surface area contributed by atoms with Crippen LogP contribution >= 0.6 is 11.3 Å². The number of ether oxygens (including phenoxy) is 4. The van der Waals surface area contributed by atoms with Gasteiger partial charge in [0.2, 0.25) is 5.75 Å². The summed E-state index contributed by atoms with van der Waals surface area (Å²) in [6, 6.07) is 3.53. The van der Waals surface area contributed by atoms with E-state index in [1.807, 2.05) is 0 Å². The number of rotatable bonds is 7. The maximum absolute atomic E-state index is 12.0. The molecular formula is C16H19NO6S. The van der Waals surface area contributed by atoms with Gasteiger partial charge in [0.1, 0.15) is 16.5 Å².